The van der Waals surface area contributed by atoms with Crippen LogP contribution in [0.1, 0.15) is 5.56 Å². The Hall–Kier alpha value is -1.87. The lowest BCUT2D eigenvalue weighted by atomic mass is 10.1. The molecule has 0 aliphatic carbocycles. The van der Waals surface area contributed by atoms with Gasteiger partial charge in [0.15, 0.2) is 0 Å². The summed E-state index contributed by atoms with van der Waals surface area (Å²) in [4.78, 5) is 0. The van der Waals surface area contributed by atoms with Gasteiger partial charge in [0.1, 0.15) is 5.75 Å². The third-order valence-electron chi connectivity index (χ3n) is 2.88. The van der Waals surface area contributed by atoms with Crippen molar-refractivity contribution in [2.75, 3.05) is 24.7 Å². The summed E-state index contributed by atoms with van der Waals surface area (Å²) >= 11 is 6.09. The molecule has 0 aliphatic heterocycles. The molecule has 2 aromatic rings. The van der Waals surface area contributed by atoms with Gasteiger partial charge in [-0.3, -0.25) is 0 Å². The average Bonchev–Trinajstić information content (AvgIpc) is 2.42. The molecule has 3 nitrogen and oxygen atoms in total. The zero-order valence-electron chi connectivity index (χ0n) is 10.8. The summed E-state index contributed by atoms with van der Waals surface area (Å²) in [7, 11) is 1.67. The van der Waals surface area contributed by atoms with E-state index in [-0.39, 0.29) is 0 Å². The number of halogens is 1. The second-order valence-corrected chi connectivity index (χ2v) is 4.67. The maximum Gasteiger partial charge on any atom is 0.118 e. The maximum absolute atomic E-state index is 6.09. The number of nitrogen functional groups attached to an aromatic ring is 1. The van der Waals surface area contributed by atoms with Crippen molar-refractivity contribution in [2.45, 2.75) is 6.42 Å². The summed E-state index contributed by atoms with van der Waals surface area (Å²) in [5.74, 6) is 0.873. The minimum atomic E-state index is 0.648. The zero-order chi connectivity index (χ0) is 13.7. The van der Waals surface area contributed by atoms with E-state index in [1.807, 2.05) is 24.3 Å². The van der Waals surface area contributed by atoms with Gasteiger partial charge in [-0.25, -0.2) is 0 Å². The molecule has 0 saturated carbocycles. The molecule has 0 bridgehead atoms. The standard InChI is InChI=1S/C15H17ClN2O/c1-19-13-5-2-11(3-6-13)8-9-18-15-7-4-12(17)10-14(15)16/h2-7,10,18H,8-9,17H2,1H3. The van der Waals surface area contributed by atoms with Crippen LogP contribution in [0.2, 0.25) is 5.02 Å². The second-order valence-electron chi connectivity index (χ2n) is 4.26. The van der Waals surface area contributed by atoms with Crippen molar-refractivity contribution in [3.63, 3.8) is 0 Å². The van der Waals surface area contributed by atoms with Gasteiger partial charge in [0.05, 0.1) is 17.8 Å². The number of nitrogens with one attached hydrogen (secondary N) is 1. The molecule has 0 atom stereocenters. The Kier molecular flexibility index (Phi) is 4.53. The van der Waals surface area contributed by atoms with Gasteiger partial charge in [0.25, 0.3) is 0 Å². The number of anilines is 2. The maximum atomic E-state index is 6.09. The van der Waals surface area contributed by atoms with Crippen molar-refractivity contribution in [3.8, 4) is 5.75 Å². The first kappa shape index (κ1) is 13.6. The van der Waals surface area contributed by atoms with Crippen LogP contribution in [0.4, 0.5) is 11.4 Å². The van der Waals surface area contributed by atoms with Crippen LogP contribution < -0.4 is 15.8 Å². The number of ether oxygens (including phenoxy) is 1. The van der Waals surface area contributed by atoms with Gasteiger partial charge >= 0.3 is 0 Å². The summed E-state index contributed by atoms with van der Waals surface area (Å²) in [5, 5.41) is 3.95. The van der Waals surface area contributed by atoms with Crippen LogP contribution in [-0.2, 0) is 6.42 Å². The number of nitrogens with two attached hydrogens (primary N) is 1. The first-order valence-electron chi connectivity index (χ1n) is 6.11. The monoisotopic (exact) mass is 276 g/mol. The lowest BCUT2D eigenvalue weighted by Crippen LogP contribution is -2.05. The van der Waals surface area contributed by atoms with Crippen LogP contribution in [0.3, 0.4) is 0 Å². The van der Waals surface area contributed by atoms with Crippen molar-refractivity contribution in [3.05, 3.63) is 53.1 Å². The Labute approximate surface area is 118 Å². The Morgan fingerprint density at radius 1 is 1.16 bits per heavy atom. The molecule has 0 aliphatic rings. The van der Waals surface area contributed by atoms with E-state index in [1.54, 1.807) is 13.2 Å². The number of rotatable bonds is 5. The number of hydrogen-bond acceptors (Lipinski definition) is 3. The van der Waals surface area contributed by atoms with Gasteiger partial charge in [0, 0.05) is 12.2 Å². The fraction of sp³-hybridized carbons (Fsp3) is 0.200. The van der Waals surface area contributed by atoms with Gasteiger partial charge in [-0.2, -0.15) is 0 Å². The molecular formula is C15H17ClN2O. The molecule has 0 unspecified atom stereocenters. The molecule has 0 radical (unpaired) electrons. The van der Waals surface area contributed by atoms with Gasteiger partial charge in [-0.05, 0) is 42.3 Å². The largest absolute Gasteiger partial charge is 0.497 e. The third-order valence-corrected chi connectivity index (χ3v) is 3.19. The normalized spacial score (nSPS) is 10.2. The molecule has 0 amide bonds. The smallest absolute Gasteiger partial charge is 0.118 e. The highest BCUT2D eigenvalue weighted by Gasteiger charge is 2.00. The van der Waals surface area contributed by atoms with Crippen LogP contribution in [0.15, 0.2) is 42.5 Å². The van der Waals surface area contributed by atoms with Crippen molar-refractivity contribution in [2.24, 2.45) is 0 Å². The lowest BCUT2D eigenvalue weighted by Gasteiger charge is -2.09. The van der Waals surface area contributed by atoms with E-state index in [9.17, 15) is 0 Å². The Balaban J connectivity index is 1.88. The SMILES string of the molecule is COc1ccc(CCNc2ccc(N)cc2Cl)cc1. The van der Waals surface area contributed by atoms with Crippen LogP contribution in [0.25, 0.3) is 0 Å². The summed E-state index contributed by atoms with van der Waals surface area (Å²) in [6.45, 7) is 0.815. The van der Waals surface area contributed by atoms with Crippen LogP contribution >= 0.6 is 11.6 Å². The molecule has 4 heteroatoms. The van der Waals surface area contributed by atoms with E-state index in [1.165, 1.54) is 5.56 Å². The molecule has 100 valence electrons. The molecule has 3 N–H and O–H groups in total. The molecule has 0 aromatic heterocycles. The van der Waals surface area contributed by atoms with E-state index in [0.29, 0.717) is 10.7 Å². The Morgan fingerprint density at radius 2 is 1.89 bits per heavy atom. The molecule has 0 heterocycles. The van der Waals surface area contributed by atoms with Gasteiger partial charge in [0.2, 0.25) is 0 Å². The van der Waals surface area contributed by atoms with Crippen molar-refractivity contribution in [1.82, 2.24) is 0 Å². The predicted octanol–water partition coefficient (Wildman–Crippen LogP) is 3.59. The fourth-order valence-electron chi connectivity index (χ4n) is 1.81. The summed E-state index contributed by atoms with van der Waals surface area (Å²) in [6.07, 6.45) is 0.921. The van der Waals surface area contributed by atoms with E-state index < -0.39 is 0 Å². The van der Waals surface area contributed by atoms with Crippen molar-refractivity contribution >= 4 is 23.0 Å². The summed E-state index contributed by atoms with van der Waals surface area (Å²) < 4.78 is 5.12. The summed E-state index contributed by atoms with van der Waals surface area (Å²) in [6, 6.07) is 13.5. The van der Waals surface area contributed by atoms with E-state index in [2.05, 4.69) is 17.4 Å². The zero-order valence-corrected chi connectivity index (χ0v) is 11.6. The number of hydrogen-bond donors (Lipinski definition) is 2. The average molecular weight is 277 g/mol. The van der Waals surface area contributed by atoms with Crippen molar-refractivity contribution in [1.29, 1.82) is 0 Å². The van der Waals surface area contributed by atoms with E-state index in [0.717, 1.165) is 24.4 Å². The lowest BCUT2D eigenvalue weighted by molar-refractivity contribution is 0.414. The fourth-order valence-corrected chi connectivity index (χ4v) is 2.06. The summed E-state index contributed by atoms with van der Waals surface area (Å²) in [5.41, 5.74) is 8.48. The molecule has 2 rings (SSSR count). The highest BCUT2D eigenvalue weighted by molar-refractivity contribution is 6.33. The predicted molar refractivity (Wildman–Crippen MR) is 81.1 cm³/mol. The number of methoxy groups -OCH3 is 1. The van der Waals surface area contributed by atoms with Crippen LogP contribution in [-0.4, -0.2) is 13.7 Å². The Bertz CT molecular complexity index is 540. The molecule has 2 aromatic carbocycles. The first-order chi connectivity index (χ1) is 9.19. The first-order valence-corrected chi connectivity index (χ1v) is 6.48. The van der Waals surface area contributed by atoms with E-state index >= 15 is 0 Å². The van der Waals surface area contributed by atoms with Crippen molar-refractivity contribution < 1.29 is 4.74 Å². The molecule has 19 heavy (non-hydrogen) atoms. The Morgan fingerprint density at radius 3 is 2.53 bits per heavy atom. The molecule has 0 fully saturated rings. The third kappa shape index (κ3) is 3.80. The number of benzene rings is 2. The molecular weight excluding hydrogens is 260 g/mol. The topological polar surface area (TPSA) is 47.3 Å². The van der Waals surface area contributed by atoms with Crippen LogP contribution in [0.5, 0.6) is 5.75 Å². The van der Waals surface area contributed by atoms with Gasteiger partial charge in [-0.1, -0.05) is 23.7 Å². The van der Waals surface area contributed by atoms with Gasteiger partial charge in [-0.15, -0.1) is 0 Å². The minimum Gasteiger partial charge on any atom is -0.497 e. The minimum absolute atomic E-state index is 0.648. The highest BCUT2D eigenvalue weighted by atomic mass is 35.5. The van der Waals surface area contributed by atoms with Crippen LogP contribution in [0, 0.1) is 0 Å². The van der Waals surface area contributed by atoms with Gasteiger partial charge < -0.3 is 15.8 Å². The highest BCUT2D eigenvalue weighted by Crippen LogP contribution is 2.24. The van der Waals surface area contributed by atoms with E-state index in [4.69, 9.17) is 22.1 Å². The molecule has 0 saturated heterocycles. The molecule has 0 spiro atoms. The quantitative estimate of drug-likeness (QED) is 0.821. The second kappa shape index (κ2) is 6.34.